The summed E-state index contributed by atoms with van der Waals surface area (Å²) in [6.45, 7) is 6.52. The number of hydrogen-bond donors (Lipinski definition) is 0. The van der Waals surface area contributed by atoms with Crippen molar-refractivity contribution in [2.24, 2.45) is 0 Å². The number of allylic oxidation sites excluding steroid dienone is 18. The molecule has 0 heterocycles. The standard InChI is InChI=1S/C74H126O6/c1-4-7-10-13-16-19-22-25-27-29-31-33-34-35-36-37-38-39-40-41-43-44-46-49-52-55-58-61-64-67-73(76)79-70-71(69-78-72(75)66-63-60-57-54-51-48-24-21-18-15-12-9-6-3)80-74(77)68-65-62-59-56-53-50-47-45-42-32-30-28-26-23-20-17-14-11-8-5-2/h7,10,16,19,21,24-25,27,31,33,35-36,38-39,41,43,46,49,71H,4-6,8-9,11-15,17-18,20,22-23,26,28-30,32,34,37,40,42,44-45,47-48,50-70H2,1-3H3/b10-7-,19-16-,24-21-,27-25-,33-31-,36-35-,39-38-,43-41-,49-46-. The van der Waals surface area contributed by atoms with Crippen molar-refractivity contribution >= 4 is 17.9 Å². The van der Waals surface area contributed by atoms with Crippen LogP contribution in [0.25, 0.3) is 0 Å². The van der Waals surface area contributed by atoms with Crippen LogP contribution in [-0.2, 0) is 28.6 Å². The molecule has 0 aliphatic heterocycles. The van der Waals surface area contributed by atoms with Gasteiger partial charge in [0.05, 0.1) is 0 Å². The molecule has 0 aromatic rings. The Bertz CT molecular complexity index is 1610. The highest BCUT2D eigenvalue weighted by Gasteiger charge is 2.19. The SMILES string of the molecule is CC/C=C\C/C=C\C/C=C\C/C=C\C/C=C\C/C=C\C/C=C\C/C=C\CCCCCCC(=O)OCC(COC(=O)CCCCCCC/C=C\CCCCCC)OC(=O)CCCCCCCCCCCCCCCCCCCCCC. The van der Waals surface area contributed by atoms with Crippen molar-refractivity contribution in [2.75, 3.05) is 13.2 Å². The third kappa shape index (κ3) is 64.9. The molecule has 458 valence electrons. The fourth-order valence-corrected chi connectivity index (χ4v) is 9.45. The third-order valence-electron chi connectivity index (χ3n) is 14.5. The zero-order valence-corrected chi connectivity index (χ0v) is 52.6. The summed E-state index contributed by atoms with van der Waals surface area (Å²) >= 11 is 0. The van der Waals surface area contributed by atoms with E-state index in [0.717, 1.165) is 128 Å². The molecular formula is C74H126O6. The second kappa shape index (κ2) is 67.6. The Morgan fingerprint density at radius 1 is 0.263 bits per heavy atom. The molecule has 0 N–H and O–H groups in total. The summed E-state index contributed by atoms with van der Waals surface area (Å²) in [5.74, 6) is -0.910. The normalized spacial score (nSPS) is 12.8. The zero-order chi connectivity index (χ0) is 57.8. The lowest BCUT2D eigenvalue weighted by molar-refractivity contribution is -0.167. The second-order valence-corrected chi connectivity index (χ2v) is 22.4. The molecule has 0 fully saturated rings. The van der Waals surface area contributed by atoms with Crippen molar-refractivity contribution in [3.63, 3.8) is 0 Å². The van der Waals surface area contributed by atoms with Crippen LogP contribution in [0.1, 0.15) is 323 Å². The van der Waals surface area contributed by atoms with E-state index in [1.807, 2.05) is 0 Å². The molecule has 1 unspecified atom stereocenters. The number of esters is 3. The van der Waals surface area contributed by atoms with Crippen molar-refractivity contribution < 1.29 is 28.6 Å². The number of unbranched alkanes of at least 4 members (excludes halogenated alkanes) is 32. The highest BCUT2D eigenvalue weighted by molar-refractivity contribution is 5.71. The summed E-state index contributed by atoms with van der Waals surface area (Å²) in [4.78, 5) is 38.4. The maximum Gasteiger partial charge on any atom is 0.306 e. The fraction of sp³-hybridized carbons (Fsp3) is 0.716. The molecule has 0 aromatic carbocycles. The van der Waals surface area contributed by atoms with E-state index in [4.69, 9.17) is 14.2 Å². The van der Waals surface area contributed by atoms with E-state index >= 15 is 0 Å². The topological polar surface area (TPSA) is 78.9 Å². The molecule has 0 bridgehead atoms. The molecule has 0 spiro atoms. The predicted octanol–water partition coefficient (Wildman–Crippen LogP) is 23.4. The average Bonchev–Trinajstić information content (AvgIpc) is 3.46. The van der Waals surface area contributed by atoms with Gasteiger partial charge in [-0.3, -0.25) is 14.4 Å². The molecule has 6 nitrogen and oxygen atoms in total. The smallest absolute Gasteiger partial charge is 0.306 e. The molecule has 0 aliphatic rings. The Morgan fingerprint density at radius 3 is 0.787 bits per heavy atom. The lowest BCUT2D eigenvalue weighted by Gasteiger charge is -2.18. The summed E-state index contributed by atoms with van der Waals surface area (Å²) in [6, 6.07) is 0. The van der Waals surface area contributed by atoms with Crippen molar-refractivity contribution in [3.8, 4) is 0 Å². The van der Waals surface area contributed by atoms with E-state index < -0.39 is 6.10 Å². The summed E-state index contributed by atoms with van der Waals surface area (Å²) in [7, 11) is 0. The maximum absolute atomic E-state index is 12.9. The van der Waals surface area contributed by atoms with E-state index in [9.17, 15) is 14.4 Å². The Hall–Kier alpha value is -3.93. The minimum Gasteiger partial charge on any atom is -0.462 e. The first kappa shape index (κ1) is 76.1. The highest BCUT2D eigenvalue weighted by atomic mass is 16.6. The van der Waals surface area contributed by atoms with Gasteiger partial charge in [0.25, 0.3) is 0 Å². The Labute approximate surface area is 495 Å². The number of carbonyl (C=O) groups excluding carboxylic acids is 3. The van der Waals surface area contributed by atoms with Gasteiger partial charge in [0, 0.05) is 19.3 Å². The van der Waals surface area contributed by atoms with Crippen LogP contribution >= 0.6 is 0 Å². The van der Waals surface area contributed by atoms with Gasteiger partial charge in [0.1, 0.15) is 13.2 Å². The predicted molar refractivity (Wildman–Crippen MR) is 348 cm³/mol. The van der Waals surface area contributed by atoms with Crippen LogP contribution in [0, 0.1) is 0 Å². The van der Waals surface area contributed by atoms with E-state index in [0.29, 0.717) is 19.3 Å². The quantitative estimate of drug-likeness (QED) is 0.0261. The average molecular weight is 1110 g/mol. The van der Waals surface area contributed by atoms with Gasteiger partial charge in [-0.25, -0.2) is 0 Å². The second-order valence-electron chi connectivity index (χ2n) is 22.4. The lowest BCUT2D eigenvalue weighted by atomic mass is 10.0. The molecule has 1 atom stereocenters. The summed E-state index contributed by atoms with van der Waals surface area (Å²) in [6.07, 6.45) is 92.4. The van der Waals surface area contributed by atoms with E-state index in [1.54, 1.807) is 0 Å². The van der Waals surface area contributed by atoms with Crippen LogP contribution in [0.3, 0.4) is 0 Å². The van der Waals surface area contributed by atoms with Crippen molar-refractivity contribution in [1.82, 2.24) is 0 Å². The fourth-order valence-electron chi connectivity index (χ4n) is 9.45. The van der Waals surface area contributed by atoms with Crippen molar-refractivity contribution in [2.45, 2.75) is 329 Å². The van der Waals surface area contributed by atoms with Crippen LogP contribution in [0.2, 0.25) is 0 Å². The number of carbonyl (C=O) groups is 3. The van der Waals surface area contributed by atoms with E-state index in [1.165, 1.54) is 154 Å². The Kier molecular flexibility index (Phi) is 64.3. The molecule has 0 saturated heterocycles. The Balaban J connectivity index is 4.36. The maximum atomic E-state index is 12.9. The molecule has 0 aliphatic carbocycles. The zero-order valence-electron chi connectivity index (χ0n) is 52.6. The van der Waals surface area contributed by atoms with Crippen LogP contribution in [-0.4, -0.2) is 37.2 Å². The van der Waals surface area contributed by atoms with Gasteiger partial charge in [-0.05, 0) is 109 Å². The van der Waals surface area contributed by atoms with Crippen LogP contribution in [0.4, 0.5) is 0 Å². The largest absolute Gasteiger partial charge is 0.462 e. The molecule has 0 amide bonds. The molecule has 0 saturated carbocycles. The Morgan fingerprint density at radius 2 is 0.487 bits per heavy atom. The number of hydrogen-bond acceptors (Lipinski definition) is 6. The van der Waals surface area contributed by atoms with Gasteiger partial charge in [0.2, 0.25) is 0 Å². The first-order valence-corrected chi connectivity index (χ1v) is 33.9. The van der Waals surface area contributed by atoms with Crippen LogP contribution < -0.4 is 0 Å². The third-order valence-corrected chi connectivity index (χ3v) is 14.5. The van der Waals surface area contributed by atoms with E-state index in [-0.39, 0.29) is 31.1 Å². The molecule has 0 radical (unpaired) electrons. The first-order chi connectivity index (χ1) is 39.5. The summed E-state index contributed by atoms with van der Waals surface area (Å²) in [5, 5.41) is 0. The molecule has 0 aromatic heterocycles. The minimum absolute atomic E-state index is 0.0886. The summed E-state index contributed by atoms with van der Waals surface area (Å²) in [5.41, 5.74) is 0. The van der Waals surface area contributed by atoms with Crippen LogP contribution in [0.5, 0.6) is 0 Å². The molecule has 80 heavy (non-hydrogen) atoms. The van der Waals surface area contributed by atoms with Gasteiger partial charge < -0.3 is 14.2 Å². The van der Waals surface area contributed by atoms with Gasteiger partial charge >= 0.3 is 17.9 Å². The van der Waals surface area contributed by atoms with Crippen molar-refractivity contribution in [1.29, 1.82) is 0 Å². The van der Waals surface area contributed by atoms with Gasteiger partial charge in [-0.1, -0.05) is 304 Å². The van der Waals surface area contributed by atoms with Crippen LogP contribution in [0.15, 0.2) is 109 Å². The summed E-state index contributed by atoms with van der Waals surface area (Å²) < 4.78 is 16.9. The minimum atomic E-state index is -0.793. The monoisotopic (exact) mass is 1110 g/mol. The molecule has 0 rings (SSSR count). The highest BCUT2D eigenvalue weighted by Crippen LogP contribution is 2.17. The van der Waals surface area contributed by atoms with Gasteiger partial charge in [-0.15, -0.1) is 0 Å². The van der Waals surface area contributed by atoms with Crippen molar-refractivity contribution in [3.05, 3.63) is 109 Å². The lowest BCUT2D eigenvalue weighted by Crippen LogP contribution is -2.30. The molecular weight excluding hydrogens is 985 g/mol. The van der Waals surface area contributed by atoms with Gasteiger partial charge in [-0.2, -0.15) is 0 Å². The van der Waals surface area contributed by atoms with Gasteiger partial charge in [0.15, 0.2) is 6.10 Å². The number of rotatable bonds is 61. The van der Waals surface area contributed by atoms with E-state index in [2.05, 4.69) is 130 Å². The first-order valence-electron chi connectivity index (χ1n) is 33.9. The molecule has 6 heteroatoms. The number of ether oxygens (including phenoxy) is 3.